The van der Waals surface area contributed by atoms with E-state index in [1.165, 1.54) is 12.1 Å². The number of furan rings is 1. The van der Waals surface area contributed by atoms with Gasteiger partial charge in [0.1, 0.15) is 17.3 Å². The first kappa shape index (κ1) is 14.1. The predicted octanol–water partition coefficient (Wildman–Crippen LogP) is 3.31. The number of benzene rings is 1. The molecular formula is C15H17FN2O2. The van der Waals surface area contributed by atoms with E-state index in [2.05, 4.69) is 5.32 Å². The summed E-state index contributed by atoms with van der Waals surface area (Å²) in [6.45, 7) is 5.73. The summed E-state index contributed by atoms with van der Waals surface area (Å²) in [5, 5.41) is 3.20. The van der Waals surface area contributed by atoms with Crippen LogP contribution in [0.2, 0.25) is 0 Å². The number of halogens is 1. The van der Waals surface area contributed by atoms with E-state index in [4.69, 9.17) is 10.2 Å². The van der Waals surface area contributed by atoms with Gasteiger partial charge in [-0.15, -0.1) is 0 Å². The zero-order valence-electron chi connectivity index (χ0n) is 11.7. The second kappa shape index (κ2) is 5.36. The molecule has 0 aliphatic heterocycles. The maximum Gasteiger partial charge on any atom is 0.251 e. The van der Waals surface area contributed by atoms with Gasteiger partial charge < -0.3 is 15.5 Å². The second-order valence-electron chi connectivity index (χ2n) is 4.79. The molecule has 1 aromatic heterocycles. The Kier molecular flexibility index (Phi) is 3.79. The largest absolute Gasteiger partial charge is 0.466 e. The van der Waals surface area contributed by atoms with E-state index < -0.39 is 11.7 Å². The molecule has 20 heavy (non-hydrogen) atoms. The van der Waals surface area contributed by atoms with Gasteiger partial charge in [-0.05, 0) is 45.0 Å². The van der Waals surface area contributed by atoms with Crippen LogP contribution in [0.25, 0.3) is 0 Å². The van der Waals surface area contributed by atoms with Crippen LogP contribution in [0, 0.1) is 19.7 Å². The molecule has 0 bridgehead atoms. The summed E-state index contributed by atoms with van der Waals surface area (Å²) in [6.07, 6.45) is 0. The maximum absolute atomic E-state index is 13.4. The number of carbonyl (C=O) groups is 1. The summed E-state index contributed by atoms with van der Waals surface area (Å²) in [4.78, 5) is 11.1. The summed E-state index contributed by atoms with van der Waals surface area (Å²) in [5.41, 5.74) is 6.66. The normalized spacial score (nSPS) is 12.2. The van der Waals surface area contributed by atoms with Crippen molar-refractivity contribution in [1.82, 2.24) is 0 Å². The third-order valence-corrected chi connectivity index (χ3v) is 3.16. The van der Waals surface area contributed by atoms with Gasteiger partial charge in [0.2, 0.25) is 0 Å². The highest BCUT2D eigenvalue weighted by Crippen LogP contribution is 2.25. The summed E-state index contributed by atoms with van der Waals surface area (Å²) in [7, 11) is 0. The van der Waals surface area contributed by atoms with E-state index in [0.29, 0.717) is 5.69 Å². The fourth-order valence-corrected chi connectivity index (χ4v) is 2.21. The molecule has 1 heterocycles. The standard InChI is InChI=1S/C15H17FN2O2/c1-8-6-12(10(3)20-8)9(2)18-11-4-5-14(16)13(7-11)15(17)19/h4-7,9,18H,1-3H3,(H2,17,19). The molecule has 1 unspecified atom stereocenters. The van der Waals surface area contributed by atoms with E-state index in [1.807, 2.05) is 26.8 Å². The third-order valence-electron chi connectivity index (χ3n) is 3.16. The molecule has 5 heteroatoms. The predicted molar refractivity (Wildman–Crippen MR) is 75.1 cm³/mol. The fourth-order valence-electron chi connectivity index (χ4n) is 2.21. The monoisotopic (exact) mass is 276 g/mol. The number of aryl methyl sites for hydroxylation is 2. The molecule has 0 fully saturated rings. The topological polar surface area (TPSA) is 68.3 Å². The summed E-state index contributed by atoms with van der Waals surface area (Å²) < 4.78 is 18.9. The highest BCUT2D eigenvalue weighted by Gasteiger charge is 2.14. The molecular weight excluding hydrogens is 259 g/mol. The van der Waals surface area contributed by atoms with Crippen molar-refractivity contribution in [3.8, 4) is 0 Å². The number of hydrogen-bond acceptors (Lipinski definition) is 3. The van der Waals surface area contributed by atoms with Crippen molar-refractivity contribution in [2.45, 2.75) is 26.8 Å². The Balaban J connectivity index is 2.24. The fraction of sp³-hybridized carbons (Fsp3) is 0.267. The minimum Gasteiger partial charge on any atom is -0.466 e. The molecule has 1 amide bonds. The number of rotatable bonds is 4. The lowest BCUT2D eigenvalue weighted by molar-refractivity contribution is 0.0996. The average Bonchev–Trinajstić information content (AvgIpc) is 2.70. The zero-order chi connectivity index (χ0) is 14.9. The van der Waals surface area contributed by atoms with Crippen LogP contribution >= 0.6 is 0 Å². The first-order valence-corrected chi connectivity index (χ1v) is 6.31. The van der Waals surface area contributed by atoms with Crippen molar-refractivity contribution in [3.63, 3.8) is 0 Å². The number of hydrogen-bond donors (Lipinski definition) is 2. The van der Waals surface area contributed by atoms with Crippen LogP contribution in [0.1, 0.15) is 40.4 Å². The van der Waals surface area contributed by atoms with E-state index in [1.54, 1.807) is 6.07 Å². The third kappa shape index (κ3) is 2.82. The molecule has 0 saturated carbocycles. The second-order valence-corrected chi connectivity index (χ2v) is 4.79. The molecule has 0 aliphatic rings. The van der Waals surface area contributed by atoms with Crippen molar-refractivity contribution in [3.05, 3.63) is 52.7 Å². The molecule has 106 valence electrons. The highest BCUT2D eigenvalue weighted by atomic mass is 19.1. The SMILES string of the molecule is Cc1cc(C(C)Nc2ccc(F)c(C(N)=O)c2)c(C)o1. The van der Waals surface area contributed by atoms with Crippen molar-refractivity contribution in [1.29, 1.82) is 0 Å². The van der Waals surface area contributed by atoms with Gasteiger partial charge >= 0.3 is 0 Å². The van der Waals surface area contributed by atoms with Crippen LogP contribution in [0.4, 0.5) is 10.1 Å². The molecule has 0 saturated heterocycles. The van der Waals surface area contributed by atoms with Gasteiger partial charge in [0.05, 0.1) is 11.6 Å². The smallest absolute Gasteiger partial charge is 0.251 e. The summed E-state index contributed by atoms with van der Waals surface area (Å²) in [5.74, 6) is 0.267. The quantitative estimate of drug-likeness (QED) is 0.900. The van der Waals surface area contributed by atoms with Gasteiger partial charge in [0.25, 0.3) is 5.91 Å². The van der Waals surface area contributed by atoms with Gasteiger partial charge in [-0.3, -0.25) is 4.79 Å². The van der Waals surface area contributed by atoms with Gasteiger partial charge in [0, 0.05) is 11.3 Å². The first-order valence-electron chi connectivity index (χ1n) is 6.31. The van der Waals surface area contributed by atoms with E-state index in [-0.39, 0.29) is 11.6 Å². The number of nitrogens with two attached hydrogens (primary N) is 1. The Bertz CT molecular complexity index is 649. The summed E-state index contributed by atoms with van der Waals surface area (Å²) >= 11 is 0. The number of carbonyl (C=O) groups excluding carboxylic acids is 1. The molecule has 4 nitrogen and oxygen atoms in total. The summed E-state index contributed by atoms with van der Waals surface area (Å²) in [6, 6.07) is 6.13. The van der Waals surface area contributed by atoms with Gasteiger partial charge in [-0.1, -0.05) is 0 Å². The van der Waals surface area contributed by atoms with Crippen molar-refractivity contribution >= 4 is 11.6 Å². The van der Waals surface area contributed by atoms with Crippen molar-refractivity contribution in [2.75, 3.05) is 5.32 Å². The lowest BCUT2D eigenvalue weighted by atomic mass is 10.1. The number of nitrogens with one attached hydrogen (secondary N) is 1. The molecule has 2 rings (SSSR count). The van der Waals surface area contributed by atoms with E-state index in [9.17, 15) is 9.18 Å². The van der Waals surface area contributed by atoms with E-state index >= 15 is 0 Å². The van der Waals surface area contributed by atoms with Crippen LogP contribution < -0.4 is 11.1 Å². The van der Waals surface area contributed by atoms with Crippen molar-refractivity contribution in [2.24, 2.45) is 5.73 Å². The Hall–Kier alpha value is -2.30. The van der Waals surface area contributed by atoms with E-state index in [0.717, 1.165) is 17.1 Å². The number of amides is 1. The molecule has 0 aliphatic carbocycles. The maximum atomic E-state index is 13.4. The number of anilines is 1. The Morgan fingerprint density at radius 3 is 2.60 bits per heavy atom. The van der Waals surface area contributed by atoms with Gasteiger partial charge in [-0.25, -0.2) is 4.39 Å². The zero-order valence-corrected chi connectivity index (χ0v) is 11.7. The van der Waals surface area contributed by atoms with Gasteiger partial charge in [-0.2, -0.15) is 0 Å². The minimum absolute atomic E-state index is 0.0290. The lowest BCUT2D eigenvalue weighted by Crippen LogP contribution is -2.14. The molecule has 2 aromatic rings. The van der Waals surface area contributed by atoms with Crippen LogP contribution in [0.15, 0.2) is 28.7 Å². The Morgan fingerprint density at radius 2 is 2.05 bits per heavy atom. The lowest BCUT2D eigenvalue weighted by Gasteiger charge is -2.15. The molecule has 0 spiro atoms. The average molecular weight is 276 g/mol. The van der Waals surface area contributed by atoms with Crippen LogP contribution in [0.3, 0.4) is 0 Å². The Labute approximate surface area is 116 Å². The molecule has 3 N–H and O–H groups in total. The molecule has 0 radical (unpaired) electrons. The van der Waals surface area contributed by atoms with Crippen LogP contribution in [-0.2, 0) is 0 Å². The van der Waals surface area contributed by atoms with Crippen LogP contribution in [0.5, 0.6) is 0 Å². The first-order chi connectivity index (χ1) is 9.38. The van der Waals surface area contributed by atoms with Crippen molar-refractivity contribution < 1.29 is 13.6 Å². The van der Waals surface area contributed by atoms with Crippen LogP contribution in [-0.4, -0.2) is 5.91 Å². The number of primary amides is 1. The Morgan fingerprint density at radius 1 is 1.35 bits per heavy atom. The minimum atomic E-state index is -0.783. The van der Waals surface area contributed by atoms with Gasteiger partial charge in [0.15, 0.2) is 0 Å². The molecule has 1 atom stereocenters. The molecule has 1 aromatic carbocycles. The highest BCUT2D eigenvalue weighted by molar-refractivity contribution is 5.94.